The molecule has 1 amide bonds. The lowest BCUT2D eigenvalue weighted by atomic mass is 9.95. The van der Waals surface area contributed by atoms with Crippen molar-refractivity contribution >= 4 is 27.9 Å². The molecule has 0 radical (unpaired) electrons. The molecular weight excluding hydrogens is 602 g/mol. The molecule has 0 bridgehead atoms. The standard InChI is InChI=1S/C36H35N3O6S/c1-36(2,3)46(42)39-20-26-17-27(35(41)37-19-22-11-12-30-32(15-22)44-21-43-30)38-34(33(26)28(39)13-14-40)25-9-6-8-23(16-25)31-18-24-7-4-5-10-29(24)45-31/h4-12,15-18,28,40H,13-14,19-21H2,1-3H3,(H,37,41)/t28-,46?/m1/s1. The van der Waals surface area contributed by atoms with Crippen LogP contribution in [0.25, 0.3) is 33.6 Å². The van der Waals surface area contributed by atoms with E-state index < -0.39 is 15.7 Å². The molecule has 0 fully saturated rings. The van der Waals surface area contributed by atoms with Gasteiger partial charge in [-0.3, -0.25) is 4.79 Å². The number of rotatable bonds is 8. The van der Waals surface area contributed by atoms with Crippen LogP contribution in [-0.2, 0) is 24.1 Å². The Balaban J connectivity index is 1.29. The van der Waals surface area contributed by atoms with Crippen molar-refractivity contribution in [1.82, 2.24) is 14.6 Å². The summed E-state index contributed by atoms with van der Waals surface area (Å²) in [5, 5.41) is 14.1. The number of hydrogen-bond donors (Lipinski definition) is 2. The van der Waals surface area contributed by atoms with E-state index >= 15 is 0 Å². The van der Waals surface area contributed by atoms with Gasteiger partial charge in [0.1, 0.15) is 28.0 Å². The van der Waals surface area contributed by atoms with Crippen molar-refractivity contribution in [2.24, 2.45) is 0 Å². The molecule has 2 atom stereocenters. The van der Waals surface area contributed by atoms with Crippen LogP contribution in [0.2, 0.25) is 0 Å². The number of benzene rings is 3. The fourth-order valence-corrected chi connectivity index (χ4v) is 7.48. The Morgan fingerprint density at radius 3 is 2.61 bits per heavy atom. The first kappa shape index (κ1) is 30.2. The third kappa shape index (κ3) is 5.68. The monoisotopic (exact) mass is 637 g/mol. The Bertz CT molecular complexity index is 1950. The second-order valence-corrected chi connectivity index (χ2v) is 14.7. The summed E-state index contributed by atoms with van der Waals surface area (Å²) in [6, 6.07) is 24.8. The Labute approximate surface area is 269 Å². The van der Waals surface area contributed by atoms with E-state index in [0.717, 1.165) is 44.5 Å². The molecule has 236 valence electrons. The van der Waals surface area contributed by atoms with Crippen LogP contribution in [0.15, 0.2) is 83.3 Å². The zero-order valence-corrected chi connectivity index (χ0v) is 26.7. The topological polar surface area (TPSA) is 114 Å². The lowest BCUT2D eigenvalue weighted by molar-refractivity contribution is 0.0945. The highest BCUT2D eigenvalue weighted by Crippen LogP contribution is 2.44. The Morgan fingerprint density at radius 2 is 1.80 bits per heavy atom. The number of carbonyl (C=O) groups is 1. The molecule has 0 saturated carbocycles. The van der Waals surface area contributed by atoms with Crippen molar-refractivity contribution in [3.8, 4) is 34.1 Å². The van der Waals surface area contributed by atoms with Gasteiger partial charge in [-0.15, -0.1) is 0 Å². The third-order valence-corrected chi connectivity index (χ3v) is 10.1. The molecule has 2 aliphatic heterocycles. The molecule has 9 nitrogen and oxygen atoms in total. The number of hydrogen-bond acceptors (Lipinski definition) is 7. The van der Waals surface area contributed by atoms with E-state index in [1.807, 2.05) is 97.9 Å². The second kappa shape index (κ2) is 12.0. The number of aliphatic hydroxyl groups is 1. The van der Waals surface area contributed by atoms with Crippen LogP contribution in [0.4, 0.5) is 0 Å². The lowest BCUT2D eigenvalue weighted by Gasteiger charge is -2.30. The van der Waals surface area contributed by atoms with Gasteiger partial charge < -0.3 is 24.3 Å². The van der Waals surface area contributed by atoms with Crippen molar-refractivity contribution < 1.29 is 28.0 Å². The summed E-state index contributed by atoms with van der Waals surface area (Å²) in [5.41, 5.74) is 5.95. The minimum absolute atomic E-state index is 0.0851. The van der Waals surface area contributed by atoms with Crippen molar-refractivity contribution in [3.05, 3.63) is 101 Å². The van der Waals surface area contributed by atoms with Gasteiger partial charge in [-0.05, 0) is 74.7 Å². The van der Waals surface area contributed by atoms with Crippen LogP contribution in [-0.4, -0.2) is 42.7 Å². The molecule has 46 heavy (non-hydrogen) atoms. The minimum Gasteiger partial charge on any atom is -0.456 e. The Kier molecular flexibility index (Phi) is 7.88. The van der Waals surface area contributed by atoms with Crippen molar-refractivity contribution in [2.45, 2.75) is 51.1 Å². The van der Waals surface area contributed by atoms with Crippen LogP contribution in [0.3, 0.4) is 0 Å². The van der Waals surface area contributed by atoms with Crippen molar-refractivity contribution in [1.29, 1.82) is 0 Å². The maximum atomic E-state index is 13.8. The van der Waals surface area contributed by atoms with Gasteiger partial charge in [0.25, 0.3) is 5.91 Å². The van der Waals surface area contributed by atoms with Gasteiger partial charge in [-0.2, -0.15) is 0 Å². The smallest absolute Gasteiger partial charge is 0.270 e. The molecule has 2 aliphatic rings. The molecule has 2 aromatic heterocycles. The normalized spacial score (nSPS) is 16.5. The number of aliphatic hydroxyl groups excluding tert-OH is 1. The number of nitrogens with one attached hydrogen (secondary N) is 1. The van der Waals surface area contributed by atoms with Gasteiger partial charge in [0, 0.05) is 41.8 Å². The highest BCUT2D eigenvalue weighted by Gasteiger charge is 2.40. The highest BCUT2D eigenvalue weighted by atomic mass is 32.2. The first-order valence-corrected chi connectivity index (χ1v) is 16.4. The molecule has 10 heteroatoms. The van der Waals surface area contributed by atoms with Gasteiger partial charge in [0.15, 0.2) is 11.5 Å². The average molecular weight is 638 g/mol. The van der Waals surface area contributed by atoms with E-state index in [1.165, 1.54) is 0 Å². The van der Waals surface area contributed by atoms with Gasteiger partial charge >= 0.3 is 0 Å². The summed E-state index contributed by atoms with van der Waals surface area (Å²) in [4.78, 5) is 18.6. The van der Waals surface area contributed by atoms with E-state index in [2.05, 4.69) is 5.32 Å². The molecule has 0 aliphatic carbocycles. The average Bonchev–Trinajstić information content (AvgIpc) is 3.79. The number of amides is 1. The number of pyridine rings is 1. The van der Waals surface area contributed by atoms with Crippen LogP contribution >= 0.6 is 0 Å². The maximum absolute atomic E-state index is 13.8. The zero-order valence-electron chi connectivity index (χ0n) is 25.9. The molecule has 4 heterocycles. The predicted molar refractivity (Wildman–Crippen MR) is 176 cm³/mol. The van der Waals surface area contributed by atoms with E-state index in [4.69, 9.17) is 18.9 Å². The van der Waals surface area contributed by atoms with Crippen LogP contribution in [0.5, 0.6) is 11.5 Å². The third-order valence-electron chi connectivity index (χ3n) is 8.26. The highest BCUT2D eigenvalue weighted by molar-refractivity contribution is 7.84. The zero-order chi connectivity index (χ0) is 32.0. The van der Waals surface area contributed by atoms with Gasteiger partial charge in [-0.1, -0.05) is 42.5 Å². The lowest BCUT2D eigenvalue weighted by Crippen LogP contribution is -2.36. The Hall–Kier alpha value is -4.51. The van der Waals surface area contributed by atoms with Crippen LogP contribution in [0.1, 0.15) is 60.4 Å². The number of para-hydroxylation sites is 1. The van der Waals surface area contributed by atoms with Gasteiger partial charge in [-0.25, -0.2) is 13.5 Å². The van der Waals surface area contributed by atoms with E-state index in [9.17, 15) is 14.1 Å². The number of furan rings is 1. The second-order valence-electron chi connectivity index (χ2n) is 12.5. The first-order chi connectivity index (χ1) is 22.2. The minimum atomic E-state index is -1.37. The largest absolute Gasteiger partial charge is 0.456 e. The SMILES string of the molecule is CC(C)(C)S(=O)N1Cc2cc(C(=O)NCc3ccc4c(c3)OCO4)nc(-c3cccc(-c4cc5ccccc5o4)c3)c2[C@H]1CCO. The van der Waals surface area contributed by atoms with E-state index in [0.29, 0.717) is 30.2 Å². The number of aromatic nitrogens is 1. The van der Waals surface area contributed by atoms with Gasteiger partial charge in [0.2, 0.25) is 6.79 Å². The number of fused-ring (bicyclic) bond motifs is 3. The van der Waals surface area contributed by atoms with E-state index in [1.54, 1.807) is 6.07 Å². The molecule has 1 unspecified atom stereocenters. The van der Waals surface area contributed by atoms with Crippen molar-refractivity contribution in [2.75, 3.05) is 13.4 Å². The summed E-state index contributed by atoms with van der Waals surface area (Å²) in [6.45, 7) is 6.55. The summed E-state index contributed by atoms with van der Waals surface area (Å²) in [7, 11) is -1.37. The summed E-state index contributed by atoms with van der Waals surface area (Å²) < 4.78 is 32.2. The molecule has 0 saturated heterocycles. The maximum Gasteiger partial charge on any atom is 0.270 e. The Morgan fingerprint density at radius 1 is 1.00 bits per heavy atom. The van der Waals surface area contributed by atoms with Crippen LogP contribution in [0, 0.1) is 0 Å². The number of ether oxygens (including phenoxy) is 2. The number of carbonyl (C=O) groups excluding carboxylic acids is 1. The summed E-state index contributed by atoms with van der Waals surface area (Å²) in [6.07, 6.45) is 0.377. The number of nitrogens with zero attached hydrogens (tertiary/aromatic N) is 2. The molecule has 2 N–H and O–H groups in total. The molecule has 3 aromatic carbocycles. The van der Waals surface area contributed by atoms with Crippen LogP contribution < -0.4 is 14.8 Å². The summed E-state index contributed by atoms with van der Waals surface area (Å²) in [5.74, 6) is 1.72. The predicted octanol–water partition coefficient (Wildman–Crippen LogP) is 6.52. The molecular formula is C36H35N3O6S. The molecule has 7 rings (SSSR count). The van der Waals surface area contributed by atoms with Crippen molar-refractivity contribution in [3.63, 3.8) is 0 Å². The fraction of sp³-hybridized carbons (Fsp3) is 0.278. The summed E-state index contributed by atoms with van der Waals surface area (Å²) >= 11 is 0. The molecule has 5 aromatic rings. The first-order valence-electron chi connectivity index (χ1n) is 15.3. The molecule has 0 spiro atoms. The fourth-order valence-electron chi connectivity index (χ4n) is 6.07. The van der Waals surface area contributed by atoms with Gasteiger partial charge in [0.05, 0.1) is 16.5 Å². The quantitative estimate of drug-likeness (QED) is 0.199. The van der Waals surface area contributed by atoms with E-state index in [-0.39, 0.29) is 37.6 Å².